The summed E-state index contributed by atoms with van der Waals surface area (Å²) in [6.07, 6.45) is 5.05. The van der Waals surface area contributed by atoms with E-state index in [0.29, 0.717) is 0 Å². The predicted octanol–water partition coefficient (Wildman–Crippen LogP) is -1.15. The molecule has 0 aromatic carbocycles. The van der Waals surface area contributed by atoms with Crippen molar-refractivity contribution in [2.24, 2.45) is 0 Å². The van der Waals surface area contributed by atoms with E-state index in [1.165, 1.54) is 0 Å². The molecule has 0 radical (unpaired) electrons. The monoisotopic (exact) mass is 217 g/mol. The number of nitrogens with one attached hydrogen (secondary N) is 1. The van der Waals surface area contributed by atoms with Crippen LogP contribution in [0.4, 0.5) is 0 Å². The molecule has 1 atom stereocenters. The number of carboxylic acid groups (broad SMARTS) is 1. The Labute approximate surface area is 82.4 Å². The van der Waals surface area contributed by atoms with E-state index < -0.39 is 21.3 Å². The zero-order valence-electron chi connectivity index (χ0n) is 7.49. The molecule has 0 aromatic heterocycles. The highest BCUT2D eigenvalue weighted by molar-refractivity contribution is 7.91. The number of terminal acetylenes is 1. The number of carbonyl (C=O) groups is 1. The van der Waals surface area contributed by atoms with Crippen LogP contribution in [0.3, 0.4) is 0 Å². The Bertz CT molecular complexity index is 381. The fourth-order valence-corrected chi connectivity index (χ4v) is 3.38. The second kappa shape index (κ2) is 3.59. The SMILES string of the molecule is C#CCNC1(C(=O)O)CCS(=O)(=O)C1. The summed E-state index contributed by atoms with van der Waals surface area (Å²) in [4.78, 5) is 10.9. The number of rotatable bonds is 3. The largest absolute Gasteiger partial charge is 0.480 e. The fraction of sp³-hybridized carbons (Fsp3) is 0.625. The van der Waals surface area contributed by atoms with Gasteiger partial charge in [-0.25, -0.2) is 8.42 Å². The minimum atomic E-state index is -3.24. The van der Waals surface area contributed by atoms with Crippen LogP contribution in [0.15, 0.2) is 0 Å². The van der Waals surface area contributed by atoms with Gasteiger partial charge in [-0.2, -0.15) is 0 Å². The predicted molar refractivity (Wildman–Crippen MR) is 50.5 cm³/mol. The molecule has 14 heavy (non-hydrogen) atoms. The highest BCUT2D eigenvalue weighted by atomic mass is 32.2. The molecule has 0 amide bonds. The third-order valence-electron chi connectivity index (χ3n) is 2.24. The molecule has 0 aromatic rings. The Kier molecular flexibility index (Phi) is 2.83. The number of hydrogen-bond donors (Lipinski definition) is 2. The average molecular weight is 217 g/mol. The lowest BCUT2D eigenvalue weighted by Crippen LogP contribution is -2.53. The first-order valence-corrected chi connectivity index (χ1v) is 5.86. The Morgan fingerprint density at radius 2 is 2.29 bits per heavy atom. The number of sulfone groups is 1. The molecule has 0 bridgehead atoms. The van der Waals surface area contributed by atoms with Crippen LogP contribution in [0.25, 0.3) is 0 Å². The Balaban J connectivity index is 2.87. The molecule has 78 valence electrons. The summed E-state index contributed by atoms with van der Waals surface area (Å²) in [5.74, 6) is 0.596. The van der Waals surface area contributed by atoms with Gasteiger partial charge in [0.1, 0.15) is 5.54 Å². The van der Waals surface area contributed by atoms with Gasteiger partial charge in [0.25, 0.3) is 0 Å². The third-order valence-corrected chi connectivity index (χ3v) is 4.00. The summed E-state index contributed by atoms with van der Waals surface area (Å²) in [7, 11) is -3.24. The van der Waals surface area contributed by atoms with Crippen LogP contribution in [0.1, 0.15) is 6.42 Å². The number of hydrogen-bond acceptors (Lipinski definition) is 4. The molecule has 0 saturated carbocycles. The first-order valence-electron chi connectivity index (χ1n) is 4.04. The maximum Gasteiger partial charge on any atom is 0.325 e. The molecule has 1 aliphatic heterocycles. The summed E-state index contributed by atoms with van der Waals surface area (Å²) in [5, 5.41) is 11.5. The third kappa shape index (κ3) is 2.05. The molecule has 2 N–H and O–H groups in total. The number of aliphatic carboxylic acids is 1. The van der Waals surface area contributed by atoms with Gasteiger partial charge in [0.05, 0.1) is 18.1 Å². The van der Waals surface area contributed by atoms with Crippen molar-refractivity contribution < 1.29 is 18.3 Å². The zero-order chi connectivity index (χ0) is 10.8. The minimum Gasteiger partial charge on any atom is -0.480 e. The lowest BCUT2D eigenvalue weighted by atomic mass is 9.99. The van der Waals surface area contributed by atoms with Gasteiger partial charge in [-0.15, -0.1) is 6.42 Å². The van der Waals surface area contributed by atoms with Crippen LogP contribution in [0.5, 0.6) is 0 Å². The van der Waals surface area contributed by atoms with Gasteiger partial charge in [-0.05, 0) is 6.42 Å². The van der Waals surface area contributed by atoms with Gasteiger partial charge in [0, 0.05) is 0 Å². The smallest absolute Gasteiger partial charge is 0.325 e. The summed E-state index contributed by atoms with van der Waals surface area (Å²) >= 11 is 0. The molecule has 1 rings (SSSR count). The van der Waals surface area contributed by atoms with E-state index in [2.05, 4.69) is 11.2 Å². The normalized spacial score (nSPS) is 29.6. The minimum absolute atomic E-state index is 0.0574. The van der Waals surface area contributed by atoms with E-state index in [1.807, 2.05) is 0 Å². The van der Waals surface area contributed by atoms with Gasteiger partial charge in [0.15, 0.2) is 9.84 Å². The second-order valence-electron chi connectivity index (χ2n) is 3.29. The molecule has 1 fully saturated rings. The van der Waals surface area contributed by atoms with E-state index in [-0.39, 0.29) is 24.5 Å². The summed E-state index contributed by atoms with van der Waals surface area (Å²) in [6.45, 7) is 0.0574. The highest BCUT2D eigenvalue weighted by Crippen LogP contribution is 2.23. The molecule has 5 nitrogen and oxygen atoms in total. The van der Waals surface area contributed by atoms with Gasteiger partial charge in [-0.3, -0.25) is 10.1 Å². The lowest BCUT2D eigenvalue weighted by molar-refractivity contribution is -0.143. The molecule has 1 saturated heterocycles. The maximum atomic E-state index is 11.2. The van der Waals surface area contributed by atoms with Crippen LogP contribution in [-0.4, -0.2) is 43.1 Å². The van der Waals surface area contributed by atoms with Crippen molar-refractivity contribution >= 4 is 15.8 Å². The standard InChI is InChI=1S/C8H11NO4S/c1-2-4-9-8(7(10)11)3-5-14(12,13)6-8/h1,9H,3-6H2,(H,10,11). The van der Waals surface area contributed by atoms with Crippen molar-refractivity contribution in [3.8, 4) is 12.3 Å². The average Bonchev–Trinajstić information content (AvgIpc) is 2.40. The first kappa shape index (κ1) is 11.0. The van der Waals surface area contributed by atoms with E-state index in [4.69, 9.17) is 11.5 Å². The summed E-state index contributed by atoms with van der Waals surface area (Å²) in [6, 6.07) is 0. The molecule has 0 spiro atoms. The fourth-order valence-electron chi connectivity index (χ4n) is 1.45. The van der Waals surface area contributed by atoms with E-state index >= 15 is 0 Å². The van der Waals surface area contributed by atoms with Gasteiger partial charge < -0.3 is 5.11 Å². The van der Waals surface area contributed by atoms with Crippen molar-refractivity contribution in [1.29, 1.82) is 0 Å². The van der Waals surface area contributed by atoms with Crippen molar-refractivity contribution in [1.82, 2.24) is 5.32 Å². The van der Waals surface area contributed by atoms with Crippen molar-refractivity contribution in [3.05, 3.63) is 0 Å². The van der Waals surface area contributed by atoms with E-state index in [1.54, 1.807) is 0 Å². The molecular formula is C8H11NO4S. The van der Waals surface area contributed by atoms with Crippen LogP contribution in [-0.2, 0) is 14.6 Å². The summed E-state index contributed by atoms with van der Waals surface area (Å²) in [5.41, 5.74) is -1.38. The molecule has 0 aliphatic carbocycles. The van der Waals surface area contributed by atoms with Crippen LogP contribution >= 0.6 is 0 Å². The van der Waals surface area contributed by atoms with E-state index in [9.17, 15) is 13.2 Å². The Morgan fingerprint density at radius 3 is 2.64 bits per heavy atom. The van der Waals surface area contributed by atoms with Crippen molar-refractivity contribution in [2.45, 2.75) is 12.0 Å². The highest BCUT2D eigenvalue weighted by Gasteiger charge is 2.47. The Hall–Kier alpha value is -1.06. The number of carboxylic acids is 1. The zero-order valence-corrected chi connectivity index (χ0v) is 8.30. The second-order valence-corrected chi connectivity index (χ2v) is 5.47. The lowest BCUT2D eigenvalue weighted by Gasteiger charge is -2.22. The van der Waals surface area contributed by atoms with Crippen molar-refractivity contribution in [2.75, 3.05) is 18.1 Å². The first-order chi connectivity index (χ1) is 6.42. The van der Waals surface area contributed by atoms with Gasteiger partial charge >= 0.3 is 5.97 Å². The van der Waals surface area contributed by atoms with Crippen LogP contribution in [0, 0.1) is 12.3 Å². The van der Waals surface area contributed by atoms with Crippen molar-refractivity contribution in [3.63, 3.8) is 0 Å². The van der Waals surface area contributed by atoms with Crippen LogP contribution < -0.4 is 5.32 Å². The van der Waals surface area contributed by atoms with Gasteiger partial charge in [0.2, 0.25) is 0 Å². The quantitative estimate of drug-likeness (QED) is 0.583. The molecule has 6 heteroatoms. The van der Waals surface area contributed by atoms with Crippen LogP contribution in [0.2, 0.25) is 0 Å². The Morgan fingerprint density at radius 1 is 1.64 bits per heavy atom. The molecular weight excluding hydrogens is 206 g/mol. The topological polar surface area (TPSA) is 83.5 Å². The van der Waals surface area contributed by atoms with Gasteiger partial charge in [-0.1, -0.05) is 5.92 Å². The molecule has 1 aliphatic rings. The maximum absolute atomic E-state index is 11.2. The van der Waals surface area contributed by atoms with E-state index in [0.717, 1.165) is 0 Å². The molecule has 1 heterocycles. The summed E-state index contributed by atoms with van der Waals surface area (Å²) < 4.78 is 22.3. The molecule has 1 unspecified atom stereocenters.